The maximum atomic E-state index is 5.56. The Morgan fingerprint density at radius 2 is 1.88 bits per heavy atom. The van der Waals surface area contributed by atoms with Crippen molar-refractivity contribution in [2.75, 3.05) is 53.2 Å². The van der Waals surface area contributed by atoms with Gasteiger partial charge in [-0.05, 0) is 44.7 Å². The second-order valence-electron chi connectivity index (χ2n) is 4.57. The van der Waals surface area contributed by atoms with Gasteiger partial charge in [-0.15, -0.1) is 0 Å². The van der Waals surface area contributed by atoms with E-state index in [1.165, 1.54) is 25.8 Å². The zero-order valence-corrected chi connectivity index (χ0v) is 11.1. The van der Waals surface area contributed by atoms with Crippen LogP contribution in [0.15, 0.2) is 0 Å². The topological polar surface area (TPSA) is 39.7 Å². The van der Waals surface area contributed by atoms with E-state index < -0.39 is 0 Å². The van der Waals surface area contributed by atoms with Gasteiger partial charge in [-0.1, -0.05) is 0 Å². The molecule has 1 fully saturated rings. The first-order valence-electron chi connectivity index (χ1n) is 6.78. The summed E-state index contributed by atoms with van der Waals surface area (Å²) in [5, 5.41) is 3.42. The van der Waals surface area contributed by atoms with Gasteiger partial charge < -0.3 is 19.5 Å². The molecule has 1 aliphatic heterocycles. The highest BCUT2D eigenvalue weighted by Crippen LogP contribution is 2.13. The molecule has 1 rings (SSSR count). The van der Waals surface area contributed by atoms with E-state index in [1.54, 1.807) is 7.11 Å². The van der Waals surface area contributed by atoms with E-state index in [4.69, 9.17) is 14.2 Å². The number of hydrogen-bond acceptors (Lipinski definition) is 4. The van der Waals surface area contributed by atoms with Gasteiger partial charge in [0.25, 0.3) is 0 Å². The maximum Gasteiger partial charge on any atom is 0.0700 e. The summed E-state index contributed by atoms with van der Waals surface area (Å²) in [5.41, 5.74) is 0. The second-order valence-corrected chi connectivity index (χ2v) is 4.57. The number of hydrogen-bond donors (Lipinski definition) is 1. The molecule has 0 aromatic heterocycles. The molecule has 0 radical (unpaired) electrons. The molecule has 1 saturated heterocycles. The van der Waals surface area contributed by atoms with Gasteiger partial charge in [0.15, 0.2) is 0 Å². The van der Waals surface area contributed by atoms with Crippen LogP contribution in [-0.4, -0.2) is 53.2 Å². The smallest absolute Gasteiger partial charge is 0.0700 e. The molecule has 1 aliphatic rings. The number of rotatable bonds is 10. The minimum Gasteiger partial charge on any atom is -0.385 e. The van der Waals surface area contributed by atoms with Crippen molar-refractivity contribution >= 4 is 0 Å². The van der Waals surface area contributed by atoms with Crippen molar-refractivity contribution in [1.29, 1.82) is 0 Å². The first-order valence-corrected chi connectivity index (χ1v) is 6.78. The fourth-order valence-corrected chi connectivity index (χ4v) is 2.05. The van der Waals surface area contributed by atoms with Gasteiger partial charge in [0.2, 0.25) is 0 Å². The number of ether oxygens (including phenoxy) is 3. The van der Waals surface area contributed by atoms with E-state index >= 15 is 0 Å². The van der Waals surface area contributed by atoms with Crippen LogP contribution in [0.4, 0.5) is 0 Å². The zero-order chi connectivity index (χ0) is 12.2. The standard InChI is InChI=1S/C13H27NO3/c1-15-7-3-8-16-10-11-17-9-5-13-4-2-6-14-12-13/h13-14H,2-12H2,1H3. The van der Waals surface area contributed by atoms with Crippen molar-refractivity contribution in [1.82, 2.24) is 5.32 Å². The van der Waals surface area contributed by atoms with Gasteiger partial charge in [0.1, 0.15) is 0 Å². The fraction of sp³-hybridized carbons (Fsp3) is 1.00. The van der Waals surface area contributed by atoms with Gasteiger partial charge in [0, 0.05) is 26.9 Å². The number of methoxy groups -OCH3 is 1. The summed E-state index contributed by atoms with van der Waals surface area (Å²) in [6.07, 6.45) is 4.80. The van der Waals surface area contributed by atoms with Crippen LogP contribution in [0, 0.1) is 5.92 Å². The average molecular weight is 245 g/mol. The Kier molecular flexibility index (Phi) is 9.61. The largest absolute Gasteiger partial charge is 0.385 e. The van der Waals surface area contributed by atoms with Crippen molar-refractivity contribution in [2.24, 2.45) is 5.92 Å². The first-order chi connectivity index (χ1) is 8.43. The van der Waals surface area contributed by atoms with E-state index in [1.807, 2.05) is 0 Å². The van der Waals surface area contributed by atoms with Crippen molar-refractivity contribution < 1.29 is 14.2 Å². The monoisotopic (exact) mass is 245 g/mol. The molecule has 17 heavy (non-hydrogen) atoms. The Morgan fingerprint density at radius 3 is 2.59 bits per heavy atom. The summed E-state index contributed by atoms with van der Waals surface area (Å²) >= 11 is 0. The Balaban J connectivity index is 1.75. The maximum absolute atomic E-state index is 5.56. The third-order valence-corrected chi connectivity index (χ3v) is 3.08. The lowest BCUT2D eigenvalue weighted by Crippen LogP contribution is -2.30. The summed E-state index contributed by atoms with van der Waals surface area (Å²) < 4.78 is 15.9. The van der Waals surface area contributed by atoms with Crippen molar-refractivity contribution in [3.63, 3.8) is 0 Å². The summed E-state index contributed by atoms with van der Waals surface area (Å²) in [5.74, 6) is 0.811. The van der Waals surface area contributed by atoms with Gasteiger partial charge in [0.05, 0.1) is 13.2 Å². The average Bonchev–Trinajstić information content (AvgIpc) is 2.38. The van der Waals surface area contributed by atoms with E-state index in [-0.39, 0.29) is 0 Å². The third kappa shape index (κ3) is 8.55. The molecule has 0 saturated carbocycles. The zero-order valence-electron chi connectivity index (χ0n) is 11.1. The van der Waals surface area contributed by atoms with E-state index in [0.717, 1.165) is 38.7 Å². The van der Waals surface area contributed by atoms with Crippen LogP contribution in [0.1, 0.15) is 25.7 Å². The number of nitrogens with one attached hydrogen (secondary N) is 1. The molecule has 0 amide bonds. The molecule has 4 nitrogen and oxygen atoms in total. The highest BCUT2D eigenvalue weighted by atomic mass is 16.5. The Morgan fingerprint density at radius 1 is 1.06 bits per heavy atom. The SMILES string of the molecule is COCCCOCCOCCC1CCCNC1. The van der Waals surface area contributed by atoms with Gasteiger partial charge in [-0.2, -0.15) is 0 Å². The summed E-state index contributed by atoms with van der Waals surface area (Å²) in [6.45, 7) is 6.18. The minimum absolute atomic E-state index is 0.701. The van der Waals surface area contributed by atoms with Crippen molar-refractivity contribution in [3.8, 4) is 0 Å². The van der Waals surface area contributed by atoms with Crippen LogP contribution in [0.3, 0.4) is 0 Å². The molecule has 1 unspecified atom stereocenters. The predicted molar refractivity (Wildman–Crippen MR) is 68.3 cm³/mol. The molecular weight excluding hydrogens is 218 g/mol. The van der Waals surface area contributed by atoms with Gasteiger partial charge in [-0.25, -0.2) is 0 Å². The lowest BCUT2D eigenvalue weighted by Gasteiger charge is -2.22. The number of piperidine rings is 1. The van der Waals surface area contributed by atoms with Crippen LogP contribution in [0.2, 0.25) is 0 Å². The molecule has 102 valence electrons. The van der Waals surface area contributed by atoms with E-state index in [9.17, 15) is 0 Å². The van der Waals surface area contributed by atoms with E-state index in [2.05, 4.69) is 5.32 Å². The van der Waals surface area contributed by atoms with Crippen LogP contribution >= 0.6 is 0 Å². The van der Waals surface area contributed by atoms with Gasteiger partial charge >= 0.3 is 0 Å². The molecule has 1 atom stereocenters. The molecular formula is C13H27NO3. The Labute approximate surface area is 105 Å². The summed E-state index contributed by atoms with van der Waals surface area (Å²) in [4.78, 5) is 0. The lowest BCUT2D eigenvalue weighted by atomic mass is 9.97. The van der Waals surface area contributed by atoms with Crippen molar-refractivity contribution in [3.05, 3.63) is 0 Å². The summed E-state index contributed by atoms with van der Waals surface area (Å²) in [6, 6.07) is 0. The molecule has 0 bridgehead atoms. The predicted octanol–water partition coefficient (Wildman–Crippen LogP) is 1.45. The molecule has 0 aromatic carbocycles. The molecule has 0 spiro atoms. The fourth-order valence-electron chi connectivity index (χ4n) is 2.05. The van der Waals surface area contributed by atoms with Crippen LogP contribution < -0.4 is 5.32 Å². The van der Waals surface area contributed by atoms with Gasteiger partial charge in [-0.3, -0.25) is 0 Å². The van der Waals surface area contributed by atoms with Crippen LogP contribution in [-0.2, 0) is 14.2 Å². The summed E-state index contributed by atoms with van der Waals surface area (Å²) in [7, 11) is 1.71. The molecule has 0 aliphatic carbocycles. The Bertz CT molecular complexity index is 161. The normalized spacial score (nSPS) is 20.6. The Hall–Kier alpha value is -0.160. The third-order valence-electron chi connectivity index (χ3n) is 3.08. The molecule has 1 heterocycles. The van der Waals surface area contributed by atoms with E-state index in [0.29, 0.717) is 13.2 Å². The lowest BCUT2D eigenvalue weighted by molar-refractivity contribution is 0.0349. The highest BCUT2D eigenvalue weighted by molar-refractivity contribution is 4.68. The minimum atomic E-state index is 0.701. The molecule has 1 N–H and O–H groups in total. The van der Waals surface area contributed by atoms with Crippen molar-refractivity contribution in [2.45, 2.75) is 25.7 Å². The van der Waals surface area contributed by atoms with Crippen LogP contribution in [0.5, 0.6) is 0 Å². The quantitative estimate of drug-likeness (QED) is 0.591. The molecule has 4 heteroatoms. The first kappa shape index (κ1) is 14.9. The van der Waals surface area contributed by atoms with Crippen LogP contribution in [0.25, 0.3) is 0 Å². The highest BCUT2D eigenvalue weighted by Gasteiger charge is 2.11. The second kappa shape index (κ2) is 11.0. The molecule has 0 aromatic rings.